The van der Waals surface area contributed by atoms with Gasteiger partial charge in [0.1, 0.15) is 6.10 Å². The van der Waals surface area contributed by atoms with Crippen LogP contribution in [0.3, 0.4) is 0 Å². The van der Waals surface area contributed by atoms with E-state index in [2.05, 4.69) is 5.10 Å². The summed E-state index contributed by atoms with van der Waals surface area (Å²) in [6.45, 7) is 0.728. The highest BCUT2D eigenvalue weighted by molar-refractivity contribution is 5.33. The second-order valence-corrected chi connectivity index (χ2v) is 4.25. The van der Waals surface area contributed by atoms with Crippen molar-refractivity contribution >= 4 is 0 Å². The molecule has 1 saturated heterocycles. The van der Waals surface area contributed by atoms with Gasteiger partial charge >= 0.3 is 0 Å². The maximum atomic E-state index is 6.05. The summed E-state index contributed by atoms with van der Waals surface area (Å²) in [5, 5.41) is 4.35. The topological polar surface area (TPSA) is 53.1 Å². The van der Waals surface area contributed by atoms with Gasteiger partial charge in [-0.1, -0.05) is 18.2 Å². The predicted octanol–water partition coefficient (Wildman–Crippen LogP) is 1.66. The Morgan fingerprint density at radius 1 is 1.24 bits per heavy atom. The van der Waals surface area contributed by atoms with Gasteiger partial charge in [-0.15, -0.1) is 0 Å². The lowest BCUT2D eigenvalue weighted by Crippen LogP contribution is -2.25. The number of hydrogen-bond donors (Lipinski definition) is 1. The Bertz CT molecular complexity index is 494. The standard InChI is InChI=1S/C13H15N3O/c14-11-7-9-17-13(11)12-6-8-15-16(12)10-4-2-1-3-5-10/h1-6,8,11,13H,7,9,14H2. The molecule has 4 nitrogen and oxygen atoms in total. The van der Waals surface area contributed by atoms with Crippen molar-refractivity contribution in [3.63, 3.8) is 0 Å². The summed E-state index contributed by atoms with van der Waals surface area (Å²) in [7, 11) is 0. The van der Waals surface area contributed by atoms with E-state index in [1.54, 1.807) is 6.20 Å². The van der Waals surface area contributed by atoms with Crippen molar-refractivity contribution in [3.05, 3.63) is 48.3 Å². The Balaban J connectivity index is 2.00. The summed E-state index contributed by atoms with van der Waals surface area (Å²) in [6.07, 6.45) is 2.65. The lowest BCUT2D eigenvalue weighted by atomic mass is 10.1. The van der Waals surface area contributed by atoms with E-state index in [0.717, 1.165) is 24.4 Å². The van der Waals surface area contributed by atoms with Crippen molar-refractivity contribution in [2.75, 3.05) is 6.61 Å². The number of nitrogens with zero attached hydrogens (tertiary/aromatic N) is 2. The molecule has 2 heterocycles. The first-order valence-electron chi connectivity index (χ1n) is 5.83. The Labute approximate surface area is 100 Å². The highest BCUT2D eigenvalue weighted by Crippen LogP contribution is 2.28. The highest BCUT2D eigenvalue weighted by Gasteiger charge is 2.29. The lowest BCUT2D eigenvalue weighted by Gasteiger charge is -2.16. The van der Waals surface area contributed by atoms with Crippen LogP contribution in [0.2, 0.25) is 0 Å². The SMILES string of the molecule is NC1CCOC1c1ccnn1-c1ccccc1. The first-order chi connectivity index (χ1) is 8.36. The van der Waals surface area contributed by atoms with Crippen LogP contribution >= 0.6 is 0 Å². The van der Waals surface area contributed by atoms with Crippen molar-refractivity contribution in [1.82, 2.24) is 9.78 Å². The number of hydrogen-bond acceptors (Lipinski definition) is 3. The van der Waals surface area contributed by atoms with Gasteiger partial charge in [0.05, 0.1) is 11.4 Å². The van der Waals surface area contributed by atoms with E-state index in [-0.39, 0.29) is 12.1 Å². The highest BCUT2D eigenvalue weighted by atomic mass is 16.5. The number of rotatable bonds is 2. The van der Waals surface area contributed by atoms with Gasteiger partial charge in [-0.25, -0.2) is 4.68 Å². The molecule has 0 amide bonds. The molecular formula is C13H15N3O. The summed E-state index contributed by atoms with van der Waals surface area (Å²) >= 11 is 0. The van der Waals surface area contributed by atoms with Gasteiger partial charge in [0.15, 0.2) is 0 Å². The first-order valence-corrected chi connectivity index (χ1v) is 5.83. The number of nitrogens with two attached hydrogens (primary N) is 1. The zero-order chi connectivity index (χ0) is 11.7. The molecular weight excluding hydrogens is 214 g/mol. The molecule has 2 N–H and O–H groups in total. The summed E-state index contributed by atoms with van der Waals surface area (Å²) in [6, 6.07) is 12.1. The van der Waals surface area contributed by atoms with E-state index in [1.807, 2.05) is 41.1 Å². The van der Waals surface area contributed by atoms with Crippen LogP contribution in [0.15, 0.2) is 42.6 Å². The molecule has 1 aromatic carbocycles. The van der Waals surface area contributed by atoms with E-state index in [0.29, 0.717) is 0 Å². The van der Waals surface area contributed by atoms with Crippen LogP contribution in [0, 0.1) is 0 Å². The van der Waals surface area contributed by atoms with Crippen LogP contribution in [0.4, 0.5) is 0 Å². The maximum Gasteiger partial charge on any atom is 0.115 e. The summed E-state index contributed by atoms with van der Waals surface area (Å²) < 4.78 is 7.58. The minimum atomic E-state index is -0.0438. The van der Waals surface area contributed by atoms with Crippen molar-refractivity contribution < 1.29 is 4.74 Å². The molecule has 1 aromatic heterocycles. The van der Waals surface area contributed by atoms with Crippen LogP contribution in [0.5, 0.6) is 0 Å². The predicted molar refractivity (Wildman–Crippen MR) is 64.8 cm³/mol. The van der Waals surface area contributed by atoms with E-state index in [1.165, 1.54) is 0 Å². The Morgan fingerprint density at radius 2 is 2.06 bits per heavy atom. The molecule has 2 atom stereocenters. The van der Waals surface area contributed by atoms with Gasteiger partial charge in [0.2, 0.25) is 0 Å². The monoisotopic (exact) mass is 229 g/mol. The minimum Gasteiger partial charge on any atom is -0.370 e. The summed E-state index contributed by atoms with van der Waals surface area (Å²) in [5.74, 6) is 0. The molecule has 1 fully saturated rings. The van der Waals surface area contributed by atoms with Crippen molar-refractivity contribution in [2.24, 2.45) is 5.73 Å². The number of para-hydroxylation sites is 1. The fourth-order valence-corrected chi connectivity index (χ4v) is 2.22. The fraction of sp³-hybridized carbons (Fsp3) is 0.308. The van der Waals surface area contributed by atoms with Crippen molar-refractivity contribution in [3.8, 4) is 5.69 Å². The molecule has 0 saturated carbocycles. The molecule has 0 radical (unpaired) electrons. The lowest BCUT2D eigenvalue weighted by molar-refractivity contribution is 0.0995. The Hall–Kier alpha value is -1.65. The van der Waals surface area contributed by atoms with Gasteiger partial charge < -0.3 is 10.5 Å². The second-order valence-electron chi connectivity index (χ2n) is 4.25. The van der Waals surface area contributed by atoms with Crippen LogP contribution in [-0.4, -0.2) is 22.4 Å². The van der Waals surface area contributed by atoms with Crippen LogP contribution < -0.4 is 5.73 Å². The third-order valence-corrected chi connectivity index (χ3v) is 3.10. The zero-order valence-electron chi connectivity index (χ0n) is 9.49. The van der Waals surface area contributed by atoms with Crippen molar-refractivity contribution in [1.29, 1.82) is 0 Å². The molecule has 0 aliphatic carbocycles. The molecule has 3 rings (SSSR count). The second kappa shape index (κ2) is 4.31. The molecule has 2 aromatic rings. The third kappa shape index (κ3) is 1.85. The first kappa shape index (κ1) is 10.5. The molecule has 1 aliphatic rings. The van der Waals surface area contributed by atoms with E-state index in [9.17, 15) is 0 Å². The van der Waals surface area contributed by atoms with Crippen LogP contribution in [-0.2, 0) is 4.74 Å². The molecule has 88 valence electrons. The van der Waals surface area contributed by atoms with Gasteiger partial charge in [0.25, 0.3) is 0 Å². The van der Waals surface area contributed by atoms with Gasteiger partial charge in [0, 0.05) is 18.8 Å². The normalized spacial score (nSPS) is 24.1. The van der Waals surface area contributed by atoms with E-state index < -0.39 is 0 Å². The van der Waals surface area contributed by atoms with Gasteiger partial charge in [-0.05, 0) is 24.6 Å². The fourth-order valence-electron chi connectivity index (χ4n) is 2.22. The third-order valence-electron chi connectivity index (χ3n) is 3.10. The Morgan fingerprint density at radius 3 is 2.76 bits per heavy atom. The maximum absolute atomic E-state index is 6.05. The quantitative estimate of drug-likeness (QED) is 0.852. The molecule has 2 unspecified atom stereocenters. The molecule has 1 aliphatic heterocycles. The molecule has 17 heavy (non-hydrogen) atoms. The molecule has 0 spiro atoms. The number of ether oxygens (including phenoxy) is 1. The van der Waals surface area contributed by atoms with Gasteiger partial charge in [-0.3, -0.25) is 0 Å². The average molecular weight is 229 g/mol. The smallest absolute Gasteiger partial charge is 0.115 e. The Kier molecular flexibility index (Phi) is 2.66. The number of aromatic nitrogens is 2. The molecule has 4 heteroatoms. The van der Waals surface area contributed by atoms with Crippen molar-refractivity contribution in [2.45, 2.75) is 18.6 Å². The van der Waals surface area contributed by atoms with Gasteiger partial charge in [-0.2, -0.15) is 5.10 Å². The largest absolute Gasteiger partial charge is 0.370 e. The number of benzene rings is 1. The molecule has 0 bridgehead atoms. The summed E-state index contributed by atoms with van der Waals surface area (Å²) in [4.78, 5) is 0. The summed E-state index contributed by atoms with van der Waals surface area (Å²) in [5.41, 5.74) is 8.12. The average Bonchev–Trinajstić information content (AvgIpc) is 2.98. The zero-order valence-corrected chi connectivity index (χ0v) is 9.49. The van der Waals surface area contributed by atoms with Crippen LogP contribution in [0.1, 0.15) is 18.2 Å². The minimum absolute atomic E-state index is 0.0438. The van der Waals surface area contributed by atoms with E-state index in [4.69, 9.17) is 10.5 Å². The van der Waals surface area contributed by atoms with Crippen LogP contribution in [0.25, 0.3) is 5.69 Å². The van der Waals surface area contributed by atoms with E-state index >= 15 is 0 Å².